The molecule has 0 aromatic heterocycles. The van der Waals surface area contributed by atoms with Crippen LogP contribution in [0.3, 0.4) is 0 Å². The van der Waals surface area contributed by atoms with Gasteiger partial charge in [-0.3, -0.25) is 14.5 Å². The molecule has 44 heavy (non-hydrogen) atoms. The van der Waals surface area contributed by atoms with E-state index in [0.29, 0.717) is 19.0 Å². The topological polar surface area (TPSA) is 66.6 Å². The number of amides is 2. The van der Waals surface area contributed by atoms with Crippen molar-refractivity contribution in [1.82, 2.24) is 9.80 Å². The van der Waals surface area contributed by atoms with E-state index in [0.717, 1.165) is 38.5 Å². The first-order valence-corrected chi connectivity index (χ1v) is 19.1. The molecule has 1 unspecified atom stereocenters. The Kier molecular flexibility index (Phi) is 29.6. The monoisotopic (exact) mass is 620 g/mol. The highest BCUT2D eigenvalue weighted by molar-refractivity contribution is 5.97. The van der Waals surface area contributed by atoms with Crippen molar-refractivity contribution in [3.63, 3.8) is 0 Å². The smallest absolute Gasteiger partial charge is 0.246 e. The number of allylic oxidation sites excluding steroid dienone is 1. The highest BCUT2D eigenvalue weighted by Crippen LogP contribution is 2.18. The van der Waals surface area contributed by atoms with Crippen molar-refractivity contribution in [2.24, 2.45) is 11.7 Å². The Bertz CT molecular complexity index is 678. The number of carbonyl (C=O) groups is 2. The summed E-state index contributed by atoms with van der Waals surface area (Å²) < 4.78 is 0. The molecule has 0 bridgehead atoms. The highest BCUT2D eigenvalue weighted by atomic mass is 16.2. The number of nitrogens with two attached hydrogens (primary N) is 1. The lowest BCUT2D eigenvalue weighted by atomic mass is 10.00. The molecular formula is C39H77N3O2. The summed E-state index contributed by atoms with van der Waals surface area (Å²) in [6, 6.07) is -0.127. The maximum Gasteiger partial charge on any atom is 0.246 e. The molecule has 0 rings (SSSR count). The predicted molar refractivity (Wildman–Crippen MR) is 193 cm³/mol. The second kappa shape index (κ2) is 30.5. The van der Waals surface area contributed by atoms with Crippen molar-refractivity contribution >= 4 is 11.8 Å². The Hall–Kier alpha value is -1.20. The van der Waals surface area contributed by atoms with Crippen LogP contribution in [0.2, 0.25) is 0 Å². The molecule has 0 aromatic carbocycles. The predicted octanol–water partition coefficient (Wildman–Crippen LogP) is 10.6. The molecule has 0 aromatic rings. The number of rotatable bonds is 32. The number of nitrogens with zero attached hydrogens (tertiary/aromatic N) is 2. The van der Waals surface area contributed by atoms with E-state index in [4.69, 9.17) is 5.73 Å². The lowest BCUT2D eigenvalue weighted by Gasteiger charge is -2.28. The van der Waals surface area contributed by atoms with Gasteiger partial charge in [0.2, 0.25) is 11.8 Å². The summed E-state index contributed by atoms with van der Waals surface area (Å²) in [5, 5.41) is 0. The summed E-state index contributed by atoms with van der Waals surface area (Å²) in [6.07, 6.45) is 34.0. The van der Waals surface area contributed by atoms with Crippen LogP contribution in [0.1, 0.15) is 188 Å². The molecule has 0 aliphatic heterocycles. The van der Waals surface area contributed by atoms with E-state index in [-0.39, 0.29) is 17.7 Å². The third-order valence-electron chi connectivity index (χ3n) is 9.41. The summed E-state index contributed by atoms with van der Waals surface area (Å²) in [4.78, 5) is 30.1. The number of unbranched alkanes of at least 4 members (excludes halogenated alkanes) is 20. The van der Waals surface area contributed by atoms with Gasteiger partial charge in [-0.1, -0.05) is 149 Å². The summed E-state index contributed by atoms with van der Waals surface area (Å²) in [6.45, 7) is 10.5. The van der Waals surface area contributed by atoms with Crippen LogP contribution in [-0.4, -0.2) is 54.3 Å². The molecule has 2 atom stereocenters. The van der Waals surface area contributed by atoms with Crippen LogP contribution in [0.15, 0.2) is 12.7 Å². The molecule has 5 heteroatoms. The minimum absolute atomic E-state index is 0.0213. The zero-order chi connectivity index (χ0) is 32.8. The lowest BCUT2D eigenvalue weighted by molar-refractivity contribution is -0.146. The number of imide groups is 1. The van der Waals surface area contributed by atoms with E-state index < -0.39 is 6.04 Å². The highest BCUT2D eigenvalue weighted by Gasteiger charge is 2.28. The van der Waals surface area contributed by atoms with Gasteiger partial charge in [0.05, 0.1) is 6.04 Å². The van der Waals surface area contributed by atoms with Gasteiger partial charge >= 0.3 is 0 Å². The summed E-state index contributed by atoms with van der Waals surface area (Å²) in [5.41, 5.74) is 6.22. The van der Waals surface area contributed by atoms with Crippen LogP contribution in [0, 0.1) is 5.92 Å². The molecule has 5 nitrogen and oxygen atoms in total. The Morgan fingerprint density at radius 1 is 0.659 bits per heavy atom. The molecule has 0 saturated heterocycles. The standard InChI is InChI=1S/C39H77N3O2/c1-7-9-11-13-15-17-18-19-20-21-22-23-24-26-28-31-36(41(5)6)32-30-34-42(39(44)38(40)35(3)4)37(43)33-29-27-25-16-14-12-10-8-2/h8,35-36,38H,2,7,9-34,40H2,1,3-6H3/t36?,38-/m0/s1. The third-order valence-corrected chi connectivity index (χ3v) is 9.41. The van der Waals surface area contributed by atoms with Crippen LogP contribution < -0.4 is 5.73 Å². The van der Waals surface area contributed by atoms with Gasteiger partial charge in [0.15, 0.2) is 0 Å². The van der Waals surface area contributed by atoms with Gasteiger partial charge in [-0.15, -0.1) is 6.58 Å². The zero-order valence-electron chi connectivity index (χ0n) is 30.4. The van der Waals surface area contributed by atoms with Crippen LogP contribution in [0.25, 0.3) is 0 Å². The second-order valence-corrected chi connectivity index (χ2v) is 14.1. The van der Waals surface area contributed by atoms with Gasteiger partial charge in [0, 0.05) is 19.0 Å². The Morgan fingerprint density at radius 3 is 1.55 bits per heavy atom. The van der Waals surface area contributed by atoms with Crippen molar-refractivity contribution < 1.29 is 9.59 Å². The fourth-order valence-corrected chi connectivity index (χ4v) is 6.13. The molecule has 0 saturated carbocycles. The molecule has 0 heterocycles. The quantitative estimate of drug-likeness (QED) is 0.0601. The molecule has 0 spiro atoms. The number of hydrogen-bond donors (Lipinski definition) is 1. The maximum absolute atomic E-state index is 13.2. The van der Waals surface area contributed by atoms with Crippen molar-refractivity contribution in [1.29, 1.82) is 0 Å². The van der Waals surface area contributed by atoms with E-state index in [1.807, 2.05) is 19.9 Å². The first-order valence-electron chi connectivity index (χ1n) is 19.1. The molecule has 0 aliphatic rings. The van der Waals surface area contributed by atoms with Gasteiger partial charge in [0.1, 0.15) is 0 Å². The van der Waals surface area contributed by atoms with E-state index >= 15 is 0 Å². The molecular weight excluding hydrogens is 542 g/mol. The van der Waals surface area contributed by atoms with Crippen molar-refractivity contribution in [2.75, 3.05) is 20.6 Å². The van der Waals surface area contributed by atoms with Gasteiger partial charge in [-0.2, -0.15) is 0 Å². The Balaban J connectivity index is 4.30. The Morgan fingerprint density at radius 2 is 1.09 bits per heavy atom. The van der Waals surface area contributed by atoms with Crippen LogP contribution in [0.5, 0.6) is 0 Å². The fraction of sp³-hybridized carbons (Fsp3) is 0.897. The molecule has 0 aliphatic carbocycles. The van der Waals surface area contributed by atoms with Gasteiger partial charge in [-0.05, 0) is 58.5 Å². The first kappa shape index (κ1) is 42.8. The van der Waals surface area contributed by atoms with Gasteiger partial charge < -0.3 is 10.6 Å². The van der Waals surface area contributed by atoms with E-state index in [2.05, 4.69) is 32.5 Å². The zero-order valence-corrected chi connectivity index (χ0v) is 30.4. The average molecular weight is 620 g/mol. The van der Waals surface area contributed by atoms with Crippen LogP contribution in [-0.2, 0) is 9.59 Å². The summed E-state index contributed by atoms with van der Waals surface area (Å²) in [7, 11) is 4.33. The number of carbonyl (C=O) groups excluding carboxylic acids is 2. The lowest BCUT2D eigenvalue weighted by Crippen LogP contribution is -2.49. The Labute approximate surface area is 275 Å². The van der Waals surface area contributed by atoms with E-state index in [9.17, 15) is 9.59 Å². The first-order chi connectivity index (χ1) is 21.3. The van der Waals surface area contributed by atoms with Crippen molar-refractivity contribution in [2.45, 2.75) is 200 Å². The third kappa shape index (κ3) is 24.1. The largest absolute Gasteiger partial charge is 0.320 e. The minimum Gasteiger partial charge on any atom is -0.320 e. The summed E-state index contributed by atoms with van der Waals surface area (Å²) in [5.74, 6) is -0.215. The average Bonchev–Trinajstić information content (AvgIpc) is 3.00. The maximum atomic E-state index is 13.2. The van der Waals surface area contributed by atoms with Crippen LogP contribution >= 0.6 is 0 Å². The number of hydrogen-bond acceptors (Lipinski definition) is 4. The van der Waals surface area contributed by atoms with Gasteiger partial charge in [0.25, 0.3) is 0 Å². The minimum atomic E-state index is -0.617. The molecule has 0 fully saturated rings. The normalized spacial score (nSPS) is 13.0. The van der Waals surface area contributed by atoms with E-state index in [1.165, 1.54) is 127 Å². The van der Waals surface area contributed by atoms with Crippen LogP contribution in [0.4, 0.5) is 0 Å². The van der Waals surface area contributed by atoms with Crippen molar-refractivity contribution in [3.05, 3.63) is 12.7 Å². The molecule has 0 radical (unpaired) electrons. The fourth-order valence-electron chi connectivity index (χ4n) is 6.13. The van der Waals surface area contributed by atoms with Gasteiger partial charge in [-0.25, -0.2) is 0 Å². The molecule has 2 amide bonds. The molecule has 260 valence electrons. The summed E-state index contributed by atoms with van der Waals surface area (Å²) >= 11 is 0. The van der Waals surface area contributed by atoms with Crippen molar-refractivity contribution in [3.8, 4) is 0 Å². The van der Waals surface area contributed by atoms with E-state index in [1.54, 1.807) is 0 Å². The SMILES string of the molecule is C=CCCCCCCCCC(=O)N(CCCC(CCCCCCCCCCCCCCCCC)N(C)C)C(=O)[C@@H](N)C(C)C. The molecule has 2 N–H and O–H groups in total. The second-order valence-electron chi connectivity index (χ2n) is 14.1.